The number of hydrogen-bond acceptors (Lipinski definition) is 0. The van der Waals surface area contributed by atoms with Gasteiger partial charge in [-0.05, 0) is 48.5 Å². The van der Waals surface area contributed by atoms with Gasteiger partial charge in [0.1, 0.15) is 5.82 Å². The van der Waals surface area contributed by atoms with Crippen LogP contribution in [0.4, 0.5) is 4.39 Å². The highest BCUT2D eigenvalue weighted by Crippen LogP contribution is 2.39. The van der Waals surface area contributed by atoms with Gasteiger partial charge in [-0.15, -0.1) is 0 Å². The van der Waals surface area contributed by atoms with Crippen LogP contribution in [0.15, 0.2) is 36.4 Å². The van der Waals surface area contributed by atoms with E-state index in [1.165, 1.54) is 25.7 Å². The van der Waals surface area contributed by atoms with Gasteiger partial charge in [-0.2, -0.15) is 0 Å². The van der Waals surface area contributed by atoms with Crippen LogP contribution in [-0.4, -0.2) is 0 Å². The molecule has 0 aliphatic heterocycles. The number of hydrogen-bond donors (Lipinski definition) is 0. The lowest BCUT2D eigenvalue weighted by Crippen LogP contribution is -2.14. The molecule has 1 saturated carbocycles. The second-order valence-corrected chi connectivity index (χ2v) is 6.20. The molecule has 0 radical (unpaired) electrons. The zero-order valence-electron chi connectivity index (χ0n) is 12.2. The molecule has 0 heterocycles. The molecule has 0 aromatic heterocycles. The van der Waals surface area contributed by atoms with Crippen LogP contribution in [0.2, 0.25) is 0 Å². The maximum atomic E-state index is 14.7. The first kappa shape index (κ1) is 13.6. The second-order valence-electron chi connectivity index (χ2n) is 6.20. The minimum atomic E-state index is 0.0158. The van der Waals surface area contributed by atoms with Crippen molar-refractivity contribution in [1.29, 1.82) is 0 Å². The van der Waals surface area contributed by atoms with Gasteiger partial charge in [0, 0.05) is 5.39 Å². The molecule has 1 heteroatoms. The number of rotatable bonds is 3. The van der Waals surface area contributed by atoms with Gasteiger partial charge >= 0.3 is 0 Å². The van der Waals surface area contributed by atoms with Crippen LogP contribution in [0, 0.1) is 11.7 Å². The van der Waals surface area contributed by atoms with Gasteiger partial charge in [-0.25, -0.2) is 4.39 Å². The normalized spacial score (nSPS) is 23.1. The van der Waals surface area contributed by atoms with Crippen molar-refractivity contribution in [2.45, 2.75) is 51.4 Å². The van der Waals surface area contributed by atoms with E-state index in [1.54, 1.807) is 0 Å². The molecule has 0 bridgehead atoms. The van der Waals surface area contributed by atoms with Crippen molar-refractivity contribution in [3.05, 3.63) is 47.8 Å². The van der Waals surface area contributed by atoms with Crippen LogP contribution in [0.5, 0.6) is 0 Å². The van der Waals surface area contributed by atoms with E-state index in [0.29, 0.717) is 5.92 Å². The zero-order chi connectivity index (χ0) is 13.9. The summed E-state index contributed by atoms with van der Waals surface area (Å²) in [5.74, 6) is 1.31. The van der Waals surface area contributed by atoms with Gasteiger partial charge in [0.25, 0.3) is 0 Å². The quantitative estimate of drug-likeness (QED) is 0.636. The molecule has 0 unspecified atom stereocenters. The van der Waals surface area contributed by atoms with Crippen molar-refractivity contribution in [3.8, 4) is 0 Å². The fourth-order valence-electron chi connectivity index (χ4n) is 3.74. The Morgan fingerprint density at radius 1 is 1.00 bits per heavy atom. The Labute approximate surface area is 121 Å². The van der Waals surface area contributed by atoms with Crippen molar-refractivity contribution in [1.82, 2.24) is 0 Å². The van der Waals surface area contributed by atoms with Gasteiger partial charge in [0.05, 0.1) is 0 Å². The van der Waals surface area contributed by atoms with Crippen molar-refractivity contribution in [2.24, 2.45) is 5.92 Å². The molecular weight excluding hydrogens is 247 g/mol. The maximum absolute atomic E-state index is 14.7. The van der Waals surface area contributed by atoms with Crippen molar-refractivity contribution >= 4 is 10.8 Å². The highest BCUT2D eigenvalue weighted by molar-refractivity contribution is 5.83. The van der Waals surface area contributed by atoms with Crippen LogP contribution in [0.1, 0.15) is 56.9 Å². The molecule has 1 aliphatic rings. The molecule has 106 valence electrons. The Kier molecular flexibility index (Phi) is 4.05. The molecule has 20 heavy (non-hydrogen) atoms. The van der Waals surface area contributed by atoms with Crippen LogP contribution >= 0.6 is 0 Å². The van der Waals surface area contributed by atoms with Gasteiger partial charge in [-0.1, -0.05) is 56.2 Å². The molecule has 0 saturated heterocycles. The van der Waals surface area contributed by atoms with E-state index >= 15 is 0 Å². The second kappa shape index (κ2) is 5.95. The van der Waals surface area contributed by atoms with Crippen LogP contribution in [-0.2, 0) is 0 Å². The van der Waals surface area contributed by atoms with Crippen LogP contribution in [0.25, 0.3) is 10.8 Å². The minimum absolute atomic E-state index is 0.0158. The largest absolute Gasteiger partial charge is 0.206 e. The topological polar surface area (TPSA) is 0 Å². The van der Waals surface area contributed by atoms with Gasteiger partial charge in [-0.3, -0.25) is 0 Å². The van der Waals surface area contributed by atoms with E-state index in [9.17, 15) is 4.39 Å². The lowest BCUT2D eigenvalue weighted by atomic mass is 9.77. The third-order valence-electron chi connectivity index (χ3n) is 4.88. The van der Waals surface area contributed by atoms with Crippen molar-refractivity contribution in [2.75, 3.05) is 0 Å². The minimum Gasteiger partial charge on any atom is -0.206 e. The third-order valence-corrected chi connectivity index (χ3v) is 4.88. The molecule has 0 spiro atoms. The predicted molar refractivity (Wildman–Crippen MR) is 83.5 cm³/mol. The molecule has 0 N–H and O–H groups in total. The highest BCUT2D eigenvalue weighted by atomic mass is 19.1. The first-order valence-corrected chi connectivity index (χ1v) is 7.96. The molecular formula is C19H23F. The summed E-state index contributed by atoms with van der Waals surface area (Å²) in [7, 11) is 0. The van der Waals surface area contributed by atoms with E-state index in [-0.39, 0.29) is 5.82 Å². The van der Waals surface area contributed by atoms with E-state index in [0.717, 1.165) is 35.1 Å². The maximum Gasteiger partial charge on any atom is 0.134 e. The van der Waals surface area contributed by atoms with Crippen molar-refractivity contribution in [3.63, 3.8) is 0 Å². The molecule has 0 amide bonds. The van der Waals surface area contributed by atoms with E-state index in [1.807, 2.05) is 30.3 Å². The van der Waals surface area contributed by atoms with Crippen LogP contribution in [0.3, 0.4) is 0 Å². The smallest absolute Gasteiger partial charge is 0.134 e. The first-order valence-electron chi connectivity index (χ1n) is 7.96. The van der Waals surface area contributed by atoms with E-state index < -0.39 is 0 Å². The summed E-state index contributed by atoms with van der Waals surface area (Å²) in [5.41, 5.74) is 0.943. The summed E-state index contributed by atoms with van der Waals surface area (Å²) < 4.78 is 14.7. The van der Waals surface area contributed by atoms with Crippen LogP contribution < -0.4 is 0 Å². The Balaban J connectivity index is 1.83. The van der Waals surface area contributed by atoms with Gasteiger partial charge in [0.15, 0.2) is 0 Å². The number of benzene rings is 2. The molecule has 2 aromatic rings. The number of fused-ring (bicyclic) bond motifs is 1. The lowest BCUT2D eigenvalue weighted by Gasteiger charge is -2.29. The average Bonchev–Trinajstić information content (AvgIpc) is 2.49. The number of halogens is 1. The summed E-state index contributed by atoms with van der Waals surface area (Å²) in [5, 5.41) is 1.79. The molecule has 3 rings (SSSR count). The Morgan fingerprint density at radius 3 is 2.50 bits per heavy atom. The van der Waals surface area contributed by atoms with E-state index in [2.05, 4.69) is 13.0 Å². The summed E-state index contributed by atoms with van der Waals surface area (Å²) in [6.07, 6.45) is 7.46. The summed E-state index contributed by atoms with van der Waals surface area (Å²) in [6, 6.07) is 11.9. The Hall–Kier alpha value is -1.37. The van der Waals surface area contributed by atoms with Crippen molar-refractivity contribution < 1.29 is 4.39 Å². The Morgan fingerprint density at radius 2 is 1.75 bits per heavy atom. The predicted octanol–water partition coefficient (Wildman–Crippen LogP) is 6.05. The Bertz CT molecular complexity index is 579. The first-order chi connectivity index (χ1) is 9.79. The molecule has 0 atom stereocenters. The fourth-order valence-corrected chi connectivity index (χ4v) is 3.74. The average molecular weight is 270 g/mol. The molecule has 2 aromatic carbocycles. The fraction of sp³-hybridized carbons (Fsp3) is 0.474. The molecule has 1 aliphatic carbocycles. The molecule has 1 fully saturated rings. The summed E-state index contributed by atoms with van der Waals surface area (Å²) in [6.45, 7) is 2.26. The summed E-state index contributed by atoms with van der Waals surface area (Å²) in [4.78, 5) is 0. The van der Waals surface area contributed by atoms with E-state index in [4.69, 9.17) is 0 Å². The monoisotopic (exact) mass is 270 g/mol. The zero-order valence-corrected chi connectivity index (χ0v) is 12.2. The standard InChI is InChI=1S/C19H23F/c1-2-5-14-8-10-16(11-9-14)18-13-12-15-6-3-4-7-17(15)19(18)20/h3-4,6-7,12-14,16H,2,5,8-11H2,1H3. The SMILES string of the molecule is CCCC1CCC(c2ccc3ccccc3c2F)CC1. The third kappa shape index (κ3) is 2.59. The lowest BCUT2D eigenvalue weighted by molar-refractivity contribution is 0.305. The van der Waals surface area contributed by atoms with Gasteiger partial charge < -0.3 is 0 Å². The molecule has 0 nitrogen and oxygen atoms in total. The highest BCUT2D eigenvalue weighted by Gasteiger charge is 2.24. The summed E-state index contributed by atoms with van der Waals surface area (Å²) >= 11 is 0. The van der Waals surface area contributed by atoms with Gasteiger partial charge in [0.2, 0.25) is 0 Å².